The van der Waals surface area contributed by atoms with Crippen molar-refractivity contribution in [1.82, 2.24) is 10.2 Å². The minimum Gasteiger partial charge on any atom is -0.495 e. The SMILES string of the molecule is CCC(C(=O)NC)N(Cc1ccc(Cl)c(Cl)c1)C(=O)CN(c1ccccc1OC)S(=O)(=O)c1ccc(C)cc1. The molecule has 3 aromatic carbocycles. The number of sulfonamides is 1. The van der Waals surface area contributed by atoms with Crippen LogP contribution >= 0.6 is 23.2 Å². The molecule has 0 spiro atoms. The van der Waals surface area contributed by atoms with Crippen LogP contribution in [0, 0.1) is 6.92 Å². The van der Waals surface area contributed by atoms with E-state index >= 15 is 0 Å². The lowest BCUT2D eigenvalue weighted by Gasteiger charge is -2.33. The van der Waals surface area contributed by atoms with Crippen molar-refractivity contribution in [2.45, 2.75) is 37.8 Å². The number of amides is 2. The number of likely N-dealkylation sites (N-methyl/N-ethyl adjacent to an activating group) is 1. The number of anilines is 1. The summed E-state index contributed by atoms with van der Waals surface area (Å²) in [5.74, 6) is -0.690. The maximum Gasteiger partial charge on any atom is 0.264 e. The van der Waals surface area contributed by atoms with E-state index in [4.69, 9.17) is 27.9 Å². The Kier molecular flexibility index (Phi) is 10.2. The third kappa shape index (κ3) is 7.03. The Morgan fingerprint density at radius 3 is 2.26 bits per heavy atom. The van der Waals surface area contributed by atoms with E-state index in [1.807, 2.05) is 6.92 Å². The van der Waals surface area contributed by atoms with Gasteiger partial charge >= 0.3 is 0 Å². The van der Waals surface area contributed by atoms with Gasteiger partial charge in [0.25, 0.3) is 10.0 Å². The van der Waals surface area contributed by atoms with Crippen molar-refractivity contribution in [2.24, 2.45) is 0 Å². The molecule has 0 aliphatic rings. The molecule has 208 valence electrons. The van der Waals surface area contributed by atoms with E-state index in [1.165, 1.54) is 31.2 Å². The van der Waals surface area contributed by atoms with Gasteiger partial charge in [-0.25, -0.2) is 8.42 Å². The predicted molar refractivity (Wildman–Crippen MR) is 154 cm³/mol. The van der Waals surface area contributed by atoms with Gasteiger partial charge in [-0.15, -0.1) is 0 Å². The van der Waals surface area contributed by atoms with Crippen molar-refractivity contribution in [2.75, 3.05) is 25.0 Å². The van der Waals surface area contributed by atoms with E-state index in [2.05, 4.69) is 5.32 Å². The zero-order chi connectivity index (χ0) is 28.7. The molecular formula is C28H31Cl2N3O5S. The Bertz CT molecular complexity index is 1430. The van der Waals surface area contributed by atoms with Gasteiger partial charge in [0, 0.05) is 13.6 Å². The maximum absolute atomic E-state index is 14.0. The van der Waals surface area contributed by atoms with Crippen LogP contribution in [0.15, 0.2) is 71.6 Å². The number of ether oxygens (including phenoxy) is 1. The molecule has 0 aromatic heterocycles. The number of para-hydroxylation sites is 2. The standard InChI is InChI=1S/C28H31Cl2N3O5S/c1-5-24(28(35)31-3)32(17-20-12-15-22(29)23(30)16-20)27(34)18-33(25-8-6-7-9-26(25)38-4)39(36,37)21-13-10-19(2)11-14-21/h6-16,24H,5,17-18H2,1-4H3,(H,31,35). The quantitative estimate of drug-likeness (QED) is 0.336. The van der Waals surface area contributed by atoms with E-state index in [0.29, 0.717) is 22.0 Å². The van der Waals surface area contributed by atoms with Crippen molar-refractivity contribution in [1.29, 1.82) is 0 Å². The molecule has 0 saturated heterocycles. The topological polar surface area (TPSA) is 96.0 Å². The third-order valence-electron chi connectivity index (χ3n) is 6.21. The third-order valence-corrected chi connectivity index (χ3v) is 8.72. The monoisotopic (exact) mass is 591 g/mol. The fourth-order valence-corrected chi connectivity index (χ4v) is 5.85. The highest BCUT2D eigenvalue weighted by Crippen LogP contribution is 2.33. The highest BCUT2D eigenvalue weighted by atomic mass is 35.5. The summed E-state index contributed by atoms with van der Waals surface area (Å²) in [4.78, 5) is 28.1. The lowest BCUT2D eigenvalue weighted by Crippen LogP contribution is -2.51. The lowest BCUT2D eigenvalue weighted by atomic mass is 10.1. The largest absolute Gasteiger partial charge is 0.495 e. The van der Waals surface area contributed by atoms with Crippen LogP contribution in [0.2, 0.25) is 10.0 Å². The summed E-state index contributed by atoms with van der Waals surface area (Å²) < 4.78 is 34.3. The first-order chi connectivity index (χ1) is 18.5. The zero-order valence-electron chi connectivity index (χ0n) is 22.1. The fraction of sp³-hybridized carbons (Fsp3) is 0.286. The highest BCUT2D eigenvalue weighted by Gasteiger charge is 2.34. The van der Waals surface area contributed by atoms with E-state index in [9.17, 15) is 18.0 Å². The molecule has 11 heteroatoms. The summed E-state index contributed by atoms with van der Waals surface area (Å²) in [6, 6.07) is 17.0. The van der Waals surface area contributed by atoms with Gasteiger partial charge in [0.05, 0.1) is 27.7 Å². The number of rotatable bonds is 11. The van der Waals surface area contributed by atoms with Crippen LogP contribution in [-0.2, 0) is 26.2 Å². The molecule has 0 bridgehead atoms. The summed E-state index contributed by atoms with van der Waals surface area (Å²) in [6.07, 6.45) is 0.298. The van der Waals surface area contributed by atoms with Crippen molar-refractivity contribution in [3.63, 3.8) is 0 Å². The summed E-state index contributed by atoms with van der Waals surface area (Å²) in [6.45, 7) is 3.05. The maximum atomic E-state index is 14.0. The second-order valence-electron chi connectivity index (χ2n) is 8.80. The first kappa shape index (κ1) is 30.3. The number of nitrogens with zero attached hydrogens (tertiary/aromatic N) is 2. The van der Waals surface area contributed by atoms with E-state index in [-0.39, 0.29) is 28.8 Å². The molecule has 39 heavy (non-hydrogen) atoms. The summed E-state index contributed by atoms with van der Waals surface area (Å²) in [5, 5.41) is 3.24. The fourth-order valence-electron chi connectivity index (χ4n) is 4.11. The minimum atomic E-state index is -4.21. The Morgan fingerprint density at radius 2 is 1.67 bits per heavy atom. The van der Waals surface area contributed by atoms with Gasteiger partial charge in [0.15, 0.2) is 0 Å². The molecule has 0 aliphatic heterocycles. The van der Waals surface area contributed by atoms with Crippen LogP contribution < -0.4 is 14.4 Å². The number of carbonyl (C=O) groups is 2. The minimum absolute atomic E-state index is 0.00595. The van der Waals surface area contributed by atoms with Gasteiger partial charge < -0.3 is 15.0 Å². The first-order valence-electron chi connectivity index (χ1n) is 12.2. The van der Waals surface area contributed by atoms with Gasteiger partial charge in [-0.3, -0.25) is 13.9 Å². The van der Waals surface area contributed by atoms with Gasteiger partial charge in [-0.05, 0) is 55.3 Å². The molecule has 0 radical (unpaired) electrons. The number of methoxy groups -OCH3 is 1. The Balaban J connectivity index is 2.11. The summed E-state index contributed by atoms with van der Waals surface area (Å²) in [5.41, 5.74) is 1.71. The molecule has 3 rings (SSSR count). The van der Waals surface area contributed by atoms with E-state index in [1.54, 1.807) is 61.5 Å². The Labute approximate surface area is 239 Å². The summed E-state index contributed by atoms with van der Waals surface area (Å²) >= 11 is 12.3. The van der Waals surface area contributed by atoms with Gasteiger partial charge in [0.1, 0.15) is 18.3 Å². The number of halogens is 2. The Hall–Kier alpha value is -3.27. The summed E-state index contributed by atoms with van der Waals surface area (Å²) in [7, 11) is -1.30. The molecule has 0 fully saturated rings. The van der Waals surface area contributed by atoms with Crippen LogP contribution in [0.5, 0.6) is 5.75 Å². The zero-order valence-corrected chi connectivity index (χ0v) is 24.5. The van der Waals surface area contributed by atoms with Crippen LogP contribution in [0.4, 0.5) is 5.69 Å². The van der Waals surface area contributed by atoms with Crippen molar-refractivity contribution < 1.29 is 22.7 Å². The molecule has 1 atom stereocenters. The second kappa shape index (κ2) is 13.2. The number of hydrogen-bond acceptors (Lipinski definition) is 5. The lowest BCUT2D eigenvalue weighted by molar-refractivity contribution is -0.140. The number of carbonyl (C=O) groups excluding carboxylic acids is 2. The highest BCUT2D eigenvalue weighted by molar-refractivity contribution is 7.92. The molecule has 2 amide bonds. The molecular weight excluding hydrogens is 561 g/mol. The average Bonchev–Trinajstić information content (AvgIpc) is 2.93. The van der Waals surface area contributed by atoms with E-state index < -0.39 is 28.5 Å². The molecule has 0 saturated carbocycles. The number of hydrogen-bond donors (Lipinski definition) is 1. The van der Waals surface area contributed by atoms with Crippen molar-refractivity contribution in [3.8, 4) is 5.75 Å². The van der Waals surface area contributed by atoms with Crippen LogP contribution in [0.25, 0.3) is 0 Å². The number of nitrogens with one attached hydrogen (secondary N) is 1. The van der Waals surface area contributed by atoms with Gasteiger partial charge in [-0.2, -0.15) is 0 Å². The Morgan fingerprint density at radius 1 is 1.00 bits per heavy atom. The van der Waals surface area contributed by atoms with Gasteiger partial charge in [-0.1, -0.05) is 66.0 Å². The van der Waals surface area contributed by atoms with Crippen LogP contribution in [-0.4, -0.2) is 51.9 Å². The average molecular weight is 593 g/mol. The number of benzene rings is 3. The molecule has 0 aliphatic carbocycles. The smallest absolute Gasteiger partial charge is 0.264 e. The van der Waals surface area contributed by atoms with Crippen LogP contribution in [0.3, 0.4) is 0 Å². The molecule has 1 unspecified atom stereocenters. The molecule has 1 N–H and O–H groups in total. The number of aryl methyl sites for hydroxylation is 1. The normalized spacial score (nSPS) is 11.9. The predicted octanol–water partition coefficient (Wildman–Crippen LogP) is 5.06. The van der Waals surface area contributed by atoms with Gasteiger partial charge in [0.2, 0.25) is 11.8 Å². The molecule has 8 nitrogen and oxygen atoms in total. The molecule has 0 heterocycles. The molecule has 3 aromatic rings. The van der Waals surface area contributed by atoms with E-state index in [0.717, 1.165) is 9.87 Å². The first-order valence-corrected chi connectivity index (χ1v) is 14.4. The van der Waals surface area contributed by atoms with Crippen LogP contribution in [0.1, 0.15) is 24.5 Å². The van der Waals surface area contributed by atoms with Crippen molar-refractivity contribution in [3.05, 3.63) is 87.9 Å². The second-order valence-corrected chi connectivity index (χ2v) is 11.5. The van der Waals surface area contributed by atoms with Crippen molar-refractivity contribution >= 4 is 50.7 Å².